The molecular weight excluding hydrogens is 286 g/mol. The Labute approximate surface area is 130 Å². The maximum absolute atomic E-state index is 12.1. The van der Waals surface area contributed by atoms with Crippen molar-refractivity contribution in [2.24, 2.45) is 5.92 Å². The van der Waals surface area contributed by atoms with Gasteiger partial charge < -0.3 is 10.4 Å². The molecule has 0 spiro atoms. The maximum atomic E-state index is 12.1. The van der Waals surface area contributed by atoms with E-state index in [0.717, 1.165) is 4.90 Å². The summed E-state index contributed by atoms with van der Waals surface area (Å²) >= 11 is 1.45. The van der Waals surface area contributed by atoms with E-state index in [0.29, 0.717) is 0 Å². The molecule has 1 atom stereocenters. The first kappa shape index (κ1) is 17.6. The summed E-state index contributed by atoms with van der Waals surface area (Å²) in [6.07, 6.45) is -0.0778. The summed E-state index contributed by atoms with van der Waals surface area (Å²) in [6, 6.07) is 7.96. The Bertz CT molecular complexity index is 499. The predicted octanol–water partition coefficient (Wildman–Crippen LogP) is 3.09. The zero-order chi connectivity index (χ0) is 16.0. The molecule has 1 unspecified atom stereocenters. The molecule has 0 aliphatic heterocycles. The van der Waals surface area contributed by atoms with Gasteiger partial charge in [0.2, 0.25) is 5.91 Å². The summed E-state index contributed by atoms with van der Waals surface area (Å²) in [4.78, 5) is 24.0. The van der Waals surface area contributed by atoms with E-state index >= 15 is 0 Å². The van der Waals surface area contributed by atoms with Crippen LogP contribution in [0, 0.1) is 12.8 Å². The van der Waals surface area contributed by atoms with Crippen molar-refractivity contribution in [1.82, 2.24) is 5.32 Å². The molecule has 1 aromatic carbocycles. The number of hydrogen-bond acceptors (Lipinski definition) is 3. The van der Waals surface area contributed by atoms with Crippen molar-refractivity contribution < 1.29 is 14.7 Å². The molecule has 1 aromatic rings. The third kappa shape index (κ3) is 5.79. The van der Waals surface area contributed by atoms with Crippen molar-refractivity contribution in [3.05, 3.63) is 29.8 Å². The lowest BCUT2D eigenvalue weighted by Crippen LogP contribution is -2.51. The molecule has 0 aliphatic carbocycles. The van der Waals surface area contributed by atoms with Crippen LogP contribution >= 0.6 is 11.8 Å². The standard InChI is InChI=1S/C16H23NO3S/c1-11(2)16(4,9-15(19)20)17-14(18)10-21-13-7-5-12(3)6-8-13/h5-8,11H,9-10H2,1-4H3,(H,17,18)(H,19,20). The average Bonchev–Trinajstić information content (AvgIpc) is 2.36. The summed E-state index contributed by atoms with van der Waals surface area (Å²) < 4.78 is 0. The van der Waals surface area contributed by atoms with Crippen LogP contribution in [0.5, 0.6) is 0 Å². The van der Waals surface area contributed by atoms with Crippen molar-refractivity contribution in [2.45, 2.75) is 44.6 Å². The van der Waals surface area contributed by atoms with Crippen LogP contribution in [0.4, 0.5) is 0 Å². The number of aliphatic carboxylic acids is 1. The van der Waals surface area contributed by atoms with Crippen molar-refractivity contribution in [3.8, 4) is 0 Å². The Morgan fingerprint density at radius 3 is 2.33 bits per heavy atom. The number of aryl methyl sites for hydroxylation is 1. The molecule has 1 rings (SSSR count). The second-order valence-electron chi connectivity index (χ2n) is 5.79. The Hall–Kier alpha value is -1.49. The lowest BCUT2D eigenvalue weighted by Gasteiger charge is -2.33. The number of carboxylic acid groups (broad SMARTS) is 1. The molecule has 0 saturated carbocycles. The number of carbonyl (C=O) groups excluding carboxylic acids is 1. The van der Waals surface area contributed by atoms with E-state index < -0.39 is 11.5 Å². The fourth-order valence-electron chi connectivity index (χ4n) is 1.84. The first-order valence-electron chi connectivity index (χ1n) is 6.95. The van der Waals surface area contributed by atoms with Gasteiger partial charge in [0.1, 0.15) is 0 Å². The maximum Gasteiger partial charge on any atom is 0.305 e. The third-order valence-electron chi connectivity index (χ3n) is 3.61. The lowest BCUT2D eigenvalue weighted by molar-refractivity contribution is -0.139. The molecule has 5 heteroatoms. The van der Waals surface area contributed by atoms with Crippen LogP contribution in [-0.2, 0) is 9.59 Å². The van der Waals surface area contributed by atoms with Gasteiger partial charge in [-0.15, -0.1) is 11.8 Å². The minimum atomic E-state index is -0.905. The number of thioether (sulfide) groups is 1. The minimum Gasteiger partial charge on any atom is -0.481 e. The zero-order valence-electron chi connectivity index (χ0n) is 13.0. The second-order valence-corrected chi connectivity index (χ2v) is 6.84. The number of carbonyl (C=O) groups is 2. The van der Waals surface area contributed by atoms with Gasteiger partial charge in [0.25, 0.3) is 0 Å². The van der Waals surface area contributed by atoms with Gasteiger partial charge >= 0.3 is 5.97 Å². The topological polar surface area (TPSA) is 66.4 Å². The van der Waals surface area contributed by atoms with Crippen LogP contribution in [0.1, 0.15) is 32.8 Å². The van der Waals surface area contributed by atoms with Crippen LogP contribution in [0.3, 0.4) is 0 Å². The van der Waals surface area contributed by atoms with Gasteiger partial charge in [-0.25, -0.2) is 0 Å². The summed E-state index contributed by atoms with van der Waals surface area (Å²) in [5, 5.41) is 11.9. The van der Waals surface area contributed by atoms with Gasteiger partial charge in [-0.3, -0.25) is 9.59 Å². The largest absolute Gasteiger partial charge is 0.481 e. The summed E-state index contributed by atoms with van der Waals surface area (Å²) in [5.41, 5.74) is 0.453. The smallest absolute Gasteiger partial charge is 0.305 e. The van der Waals surface area contributed by atoms with E-state index in [1.54, 1.807) is 6.92 Å². The number of nitrogens with one attached hydrogen (secondary N) is 1. The van der Waals surface area contributed by atoms with Crippen LogP contribution in [0.15, 0.2) is 29.2 Å². The molecule has 0 aliphatic rings. The molecule has 0 radical (unpaired) electrons. The number of hydrogen-bond donors (Lipinski definition) is 2. The Balaban J connectivity index is 2.58. The summed E-state index contributed by atoms with van der Waals surface area (Å²) in [5.74, 6) is -0.719. The molecule has 1 amide bonds. The Morgan fingerprint density at radius 2 is 1.86 bits per heavy atom. The highest BCUT2D eigenvalue weighted by Crippen LogP contribution is 2.22. The highest BCUT2D eigenvalue weighted by atomic mass is 32.2. The van der Waals surface area contributed by atoms with E-state index in [-0.39, 0.29) is 24.0 Å². The van der Waals surface area contributed by atoms with Crippen LogP contribution < -0.4 is 5.32 Å². The average molecular weight is 309 g/mol. The number of carboxylic acids is 1. The van der Waals surface area contributed by atoms with E-state index in [9.17, 15) is 9.59 Å². The van der Waals surface area contributed by atoms with Crippen LogP contribution in [-0.4, -0.2) is 28.3 Å². The monoisotopic (exact) mass is 309 g/mol. The quantitative estimate of drug-likeness (QED) is 0.760. The Morgan fingerprint density at radius 1 is 1.29 bits per heavy atom. The van der Waals surface area contributed by atoms with Crippen molar-refractivity contribution in [2.75, 3.05) is 5.75 Å². The summed E-state index contributed by atoms with van der Waals surface area (Å²) in [7, 11) is 0. The van der Waals surface area contributed by atoms with Crippen LogP contribution in [0.25, 0.3) is 0 Å². The lowest BCUT2D eigenvalue weighted by atomic mass is 9.85. The van der Waals surface area contributed by atoms with Gasteiger partial charge in [0.05, 0.1) is 12.2 Å². The molecule has 0 aromatic heterocycles. The predicted molar refractivity (Wildman–Crippen MR) is 85.5 cm³/mol. The fourth-order valence-corrected chi connectivity index (χ4v) is 2.54. The number of rotatable bonds is 7. The fraction of sp³-hybridized carbons (Fsp3) is 0.500. The SMILES string of the molecule is Cc1ccc(SCC(=O)NC(C)(CC(=O)O)C(C)C)cc1. The van der Waals surface area contributed by atoms with Crippen molar-refractivity contribution in [3.63, 3.8) is 0 Å². The van der Waals surface area contributed by atoms with E-state index in [1.165, 1.54) is 17.3 Å². The second kappa shape index (κ2) is 7.50. The number of benzene rings is 1. The Kier molecular flexibility index (Phi) is 6.27. The van der Waals surface area contributed by atoms with E-state index in [1.807, 2.05) is 45.0 Å². The van der Waals surface area contributed by atoms with Gasteiger partial charge in [-0.1, -0.05) is 31.5 Å². The molecular formula is C16H23NO3S. The number of amides is 1. The highest BCUT2D eigenvalue weighted by Gasteiger charge is 2.32. The first-order chi connectivity index (χ1) is 9.73. The van der Waals surface area contributed by atoms with E-state index in [4.69, 9.17) is 5.11 Å². The van der Waals surface area contributed by atoms with E-state index in [2.05, 4.69) is 5.32 Å². The van der Waals surface area contributed by atoms with Crippen molar-refractivity contribution in [1.29, 1.82) is 0 Å². The summed E-state index contributed by atoms with van der Waals surface area (Å²) in [6.45, 7) is 7.62. The molecule has 4 nitrogen and oxygen atoms in total. The van der Waals surface area contributed by atoms with Gasteiger partial charge in [-0.05, 0) is 31.9 Å². The van der Waals surface area contributed by atoms with Gasteiger partial charge in [0.15, 0.2) is 0 Å². The molecule has 0 bridgehead atoms. The van der Waals surface area contributed by atoms with Crippen molar-refractivity contribution >= 4 is 23.6 Å². The van der Waals surface area contributed by atoms with Gasteiger partial charge in [0, 0.05) is 10.4 Å². The van der Waals surface area contributed by atoms with Gasteiger partial charge in [-0.2, -0.15) is 0 Å². The zero-order valence-corrected chi connectivity index (χ0v) is 13.8. The molecule has 0 heterocycles. The highest BCUT2D eigenvalue weighted by molar-refractivity contribution is 8.00. The first-order valence-corrected chi connectivity index (χ1v) is 7.94. The normalized spacial score (nSPS) is 13.8. The van der Waals surface area contributed by atoms with Crippen LogP contribution in [0.2, 0.25) is 0 Å². The molecule has 2 N–H and O–H groups in total. The molecule has 21 heavy (non-hydrogen) atoms. The third-order valence-corrected chi connectivity index (χ3v) is 4.62. The molecule has 0 fully saturated rings. The molecule has 0 saturated heterocycles. The minimum absolute atomic E-state index is 0.0434. The molecule has 116 valence electrons.